The van der Waals surface area contributed by atoms with E-state index in [0.717, 1.165) is 11.4 Å². The van der Waals surface area contributed by atoms with E-state index in [9.17, 15) is 4.79 Å². The molecule has 4 nitrogen and oxygen atoms in total. The molecule has 0 radical (unpaired) electrons. The van der Waals surface area contributed by atoms with Crippen LogP contribution in [0, 0.1) is 19.8 Å². The number of amides is 1. The van der Waals surface area contributed by atoms with E-state index in [4.69, 9.17) is 5.73 Å². The first kappa shape index (κ1) is 11.8. The van der Waals surface area contributed by atoms with Gasteiger partial charge in [0, 0.05) is 17.8 Å². The van der Waals surface area contributed by atoms with E-state index < -0.39 is 0 Å². The smallest absolute Gasteiger partial charge is 0.239 e. The Morgan fingerprint density at radius 3 is 2.47 bits per heavy atom. The van der Waals surface area contributed by atoms with Gasteiger partial charge < -0.3 is 5.73 Å². The number of carbonyl (C=O) groups is 1. The Kier molecular flexibility index (Phi) is 3.91. The van der Waals surface area contributed by atoms with Crippen molar-refractivity contribution in [1.82, 2.24) is 4.68 Å². The molecule has 1 atom stereocenters. The second-order valence-electron chi connectivity index (χ2n) is 4.03. The van der Waals surface area contributed by atoms with Gasteiger partial charge in [-0.3, -0.25) is 14.9 Å². The molecule has 1 amide bonds. The van der Waals surface area contributed by atoms with Gasteiger partial charge in [0.1, 0.15) is 0 Å². The van der Waals surface area contributed by atoms with Gasteiger partial charge in [-0.25, -0.2) is 0 Å². The summed E-state index contributed by atoms with van der Waals surface area (Å²) in [6.45, 7) is 6.42. The van der Waals surface area contributed by atoms with E-state index >= 15 is 0 Å². The fraction of sp³-hybridized carbons (Fsp3) is 0.545. The van der Waals surface area contributed by atoms with Gasteiger partial charge in [-0.1, -0.05) is 6.92 Å². The third-order valence-corrected chi connectivity index (χ3v) is 2.44. The highest BCUT2D eigenvalue weighted by Gasteiger charge is 2.09. The molecule has 0 aromatic carbocycles. The van der Waals surface area contributed by atoms with Crippen LogP contribution in [-0.4, -0.2) is 17.1 Å². The molecule has 1 aromatic rings. The van der Waals surface area contributed by atoms with Gasteiger partial charge in [-0.2, -0.15) is 0 Å². The van der Waals surface area contributed by atoms with Crippen molar-refractivity contribution < 1.29 is 4.79 Å². The standard InChI is InChI=1S/C11H19N3O/c1-8(7-12)6-11(15)13-14-9(2)4-5-10(14)3/h4-5,8H,6-7,12H2,1-3H3,(H,13,15). The Balaban J connectivity index is 2.59. The quantitative estimate of drug-likeness (QED) is 0.781. The number of aromatic nitrogens is 1. The molecule has 0 saturated heterocycles. The predicted molar refractivity (Wildman–Crippen MR) is 61.1 cm³/mol. The van der Waals surface area contributed by atoms with Gasteiger partial charge in [-0.05, 0) is 38.4 Å². The molecule has 3 N–H and O–H groups in total. The monoisotopic (exact) mass is 209 g/mol. The Labute approximate surface area is 90.4 Å². The first-order valence-electron chi connectivity index (χ1n) is 5.19. The Bertz CT molecular complexity index is 324. The number of aryl methyl sites for hydroxylation is 2. The second-order valence-corrected chi connectivity index (χ2v) is 4.03. The Morgan fingerprint density at radius 2 is 2.00 bits per heavy atom. The van der Waals surface area contributed by atoms with Crippen LogP contribution < -0.4 is 11.2 Å². The topological polar surface area (TPSA) is 60.0 Å². The summed E-state index contributed by atoms with van der Waals surface area (Å²) >= 11 is 0. The fourth-order valence-corrected chi connectivity index (χ4v) is 1.41. The van der Waals surface area contributed by atoms with Crippen LogP contribution in [0.25, 0.3) is 0 Å². The van der Waals surface area contributed by atoms with Crippen LogP contribution in [0.1, 0.15) is 24.7 Å². The van der Waals surface area contributed by atoms with Crippen LogP contribution in [-0.2, 0) is 4.79 Å². The van der Waals surface area contributed by atoms with Gasteiger partial charge in [0.15, 0.2) is 0 Å². The van der Waals surface area contributed by atoms with Crippen molar-refractivity contribution in [3.63, 3.8) is 0 Å². The molecule has 0 fully saturated rings. The van der Waals surface area contributed by atoms with E-state index in [0.29, 0.717) is 13.0 Å². The third-order valence-electron chi connectivity index (χ3n) is 2.44. The van der Waals surface area contributed by atoms with Crippen LogP contribution in [0.2, 0.25) is 0 Å². The lowest BCUT2D eigenvalue weighted by Crippen LogP contribution is -2.27. The van der Waals surface area contributed by atoms with Gasteiger partial charge in [0.05, 0.1) is 0 Å². The maximum Gasteiger partial charge on any atom is 0.239 e. The number of rotatable bonds is 4. The molecule has 0 saturated carbocycles. The average molecular weight is 209 g/mol. The lowest BCUT2D eigenvalue weighted by molar-refractivity contribution is -0.117. The average Bonchev–Trinajstić information content (AvgIpc) is 2.49. The molecule has 0 spiro atoms. The summed E-state index contributed by atoms with van der Waals surface area (Å²) in [7, 11) is 0. The van der Waals surface area contributed by atoms with Crippen LogP contribution in [0.3, 0.4) is 0 Å². The maximum absolute atomic E-state index is 11.6. The van der Waals surface area contributed by atoms with Crippen molar-refractivity contribution in [2.24, 2.45) is 11.7 Å². The summed E-state index contributed by atoms with van der Waals surface area (Å²) in [4.78, 5) is 11.6. The minimum atomic E-state index is 0.00958. The van der Waals surface area contributed by atoms with E-state index in [2.05, 4.69) is 5.43 Å². The van der Waals surface area contributed by atoms with Gasteiger partial charge in [-0.15, -0.1) is 0 Å². The van der Waals surface area contributed by atoms with Gasteiger partial charge in [0.25, 0.3) is 0 Å². The van der Waals surface area contributed by atoms with Gasteiger partial charge >= 0.3 is 0 Å². The summed E-state index contributed by atoms with van der Waals surface area (Å²) in [5, 5.41) is 0. The zero-order valence-corrected chi connectivity index (χ0v) is 9.58. The largest absolute Gasteiger partial charge is 0.330 e. The molecule has 0 aliphatic carbocycles. The lowest BCUT2D eigenvalue weighted by Gasteiger charge is -2.13. The molecule has 84 valence electrons. The van der Waals surface area contributed by atoms with Crippen LogP contribution in [0.5, 0.6) is 0 Å². The van der Waals surface area contributed by atoms with E-state index in [1.165, 1.54) is 0 Å². The molecule has 1 rings (SSSR count). The summed E-state index contributed by atoms with van der Waals surface area (Å²) in [5.74, 6) is 0.233. The number of nitrogens with one attached hydrogen (secondary N) is 1. The molecule has 4 heteroatoms. The van der Waals surface area contributed by atoms with Crippen molar-refractivity contribution in [2.75, 3.05) is 12.0 Å². The predicted octanol–water partition coefficient (Wildman–Crippen LogP) is 1.16. The SMILES string of the molecule is Cc1ccc(C)n1NC(=O)CC(C)CN. The van der Waals surface area contributed by atoms with Crippen LogP contribution >= 0.6 is 0 Å². The molecule has 1 aromatic heterocycles. The fourth-order valence-electron chi connectivity index (χ4n) is 1.41. The molecular weight excluding hydrogens is 190 g/mol. The van der Waals surface area contributed by atoms with Crippen molar-refractivity contribution in [3.8, 4) is 0 Å². The Hall–Kier alpha value is -1.29. The zero-order valence-electron chi connectivity index (χ0n) is 9.58. The van der Waals surface area contributed by atoms with Crippen molar-refractivity contribution in [1.29, 1.82) is 0 Å². The zero-order chi connectivity index (χ0) is 11.4. The first-order chi connectivity index (χ1) is 7.04. The molecule has 0 aliphatic heterocycles. The molecule has 15 heavy (non-hydrogen) atoms. The highest BCUT2D eigenvalue weighted by molar-refractivity contribution is 5.84. The number of nitrogens with two attached hydrogens (primary N) is 1. The van der Waals surface area contributed by atoms with Crippen LogP contribution in [0.15, 0.2) is 12.1 Å². The minimum absolute atomic E-state index is 0.00958. The number of hydrogen-bond acceptors (Lipinski definition) is 2. The molecular formula is C11H19N3O. The van der Waals surface area contributed by atoms with E-state index in [-0.39, 0.29) is 11.8 Å². The normalized spacial score (nSPS) is 12.5. The summed E-state index contributed by atoms with van der Waals surface area (Å²) in [5.41, 5.74) is 10.4. The van der Waals surface area contributed by atoms with Crippen LogP contribution in [0.4, 0.5) is 0 Å². The lowest BCUT2D eigenvalue weighted by atomic mass is 10.1. The molecule has 1 heterocycles. The minimum Gasteiger partial charge on any atom is -0.330 e. The Morgan fingerprint density at radius 1 is 1.47 bits per heavy atom. The number of hydrogen-bond donors (Lipinski definition) is 2. The highest BCUT2D eigenvalue weighted by Crippen LogP contribution is 2.05. The third kappa shape index (κ3) is 3.09. The maximum atomic E-state index is 11.6. The van der Waals surface area contributed by atoms with Gasteiger partial charge in [0.2, 0.25) is 5.91 Å². The highest BCUT2D eigenvalue weighted by atomic mass is 16.2. The molecule has 0 bridgehead atoms. The van der Waals surface area contributed by atoms with Crippen molar-refractivity contribution >= 4 is 5.91 Å². The number of nitrogens with zero attached hydrogens (tertiary/aromatic N) is 1. The van der Waals surface area contributed by atoms with E-state index in [1.807, 2.05) is 32.9 Å². The second kappa shape index (κ2) is 4.98. The molecule has 1 unspecified atom stereocenters. The number of carbonyl (C=O) groups excluding carboxylic acids is 1. The summed E-state index contributed by atoms with van der Waals surface area (Å²) in [6, 6.07) is 3.95. The van der Waals surface area contributed by atoms with E-state index in [1.54, 1.807) is 4.68 Å². The molecule has 0 aliphatic rings. The summed E-state index contributed by atoms with van der Waals surface area (Å²) < 4.78 is 1.80. The van der Waals surface area contributed by atoms with Crippen molar-refractivity contribution in [2.45, 2.75) is 27.2 Å². The van der Waals surface area contributed by atoms with Crippen molar-refractivity contribution in [3.05, 3.63) is 23.5 Å². The summed E-state index contributed by atoms with van der Waals surface area (Å²) in [6.07, 6.45) is 0.466. The first-order valence-corrected chi connectivity index (χ1v) is 5.19.